The molecule has 7 nitrogen and oxygen atoms in total. The number of nitrogens with zero attached hydrogens (tertiary/aromatic N) is 2. The zero-order valence-electron chi connectivity index (χ0n) is 12.1. The van der Waals surface area contributed by atoms with Crippen LogP contribution in [0, 0.1) is 0 Å². The fourth-order valence-corrected chi connectivity index (χ4v) is 1.66. The smallest absolute Gasteiger partial charge is 0.315 e. The molecule has 112 valence electrons. The average molecular weight is 281 g/mol. The lowest BCUT2D eigenvalue weighted by atomic mass is 10.3. The molecule has 0 atom stereocenters. The molecule has 2 rings (SSSR count). The maximum absolute atomic E-state index is 11.5. The summed E-state index contributed by atoms with van der Waals surface area (Å²) in [5.74, 6) is 0.689. The summed E-state index contributed by atoms with van der Waals surface area (Å²) in [6.07, 6.45) is 3.53. The minimum atomic E-state index is 0.127. The van der Waals surface area contributed by atoms with Crippen molar-refractivity contribution < 1.29 is 9.21 Å². The molecule has 1 heterocycles. The first-order valence-corrected chi connectivity index (χ1v) is 7.22. The maximum atomic E-state index is 11.5. The van der Waals surface area contributed by atoms with Gasteiger partial charge in [-0.1, -0.05) is 18.9 Å². The molecular weight excluding hydrogens is 258 g/mol. The maximum Gasteiger partial charge on any atom is 0.315 e. The van der Waals surface area contributed by atoms with Crippen LogP contribution in [0.15, 0.2) is 4.42 Å². The summed E-state index contributed by atoms with van der Waals surface area (Å²) in [6.45, 7) is 5.33. The number of aromatic nitrogens is 2. The van der Waals surface area contributed by atoms with E-state index in [2.05, 4.69) is 40.0 Å². The monoisotopic (exact) mass is 281 g/mol. The zero-order chi connectivity index (χ0) is 14.4. The second-order valence-electron chi connectivity index (χ2n) is 5.41. The van der Waals surface area contributed by atoms with Crippen molar-refractivity contribution in [1.29, 1.82) is 0 Å². The highest BCUT2D eigenvalue weighted by molar-refractivity contribution is 5.76. The first-order chi connectivity index (χ1) is 9.63. The first-order valence-electron chi connectivity index (χ1n) is 7.22. The summed E-state index contributed by atoms with van der Waals surface area (Å²) in [6, 6.07) is 1.22. The van der Waals surface area contributed by atoms with Gasteiger partial charge in [-0.15, -0.1) is 5.10 Å². The van der Waals surface area contributed by atoms with Gasteiger partial charge >= 0.3 is 6.01 Å². The molecule has 1 aromatic heterocycles. The molecule has 1 aliphatic carbocycles. The van der Waals surface area contributed by atoms with Crippen LogP contribution >= 0.6 is 0 Å². The van der Waals surface area contributed by atoms with Crippen LogP contribution in [0.1, 0.15) is 45.4 Å². The Bertz CT molecular complexity index is 428. The fourth-order valence-electron chi connectivity index (χ4n) is 1.66. The Hall–Kier alpha value is -1.63. The van der Waals surface area contributed by atoms with Crippen molar-refractivity contribution in [2.75, 3.05) is 11.9 Å². The summed E-state index contributed by atoms with van der Waals surface area (Å²) in [4.78, 5) is 11.5. The summed E-state index contributed by atoms with van der Waals surface area (Å²) in [7, 11) is 0. The Morgan fingerprint density at radius 2 is 2.20 bits per heavy atom. The van der Waals surface area contributed by atoms with Gasteiger partial charge < -0.3 is 20.4 Å². The summed E-state index contributed by atoms with van der Waals surface area (Å²) >= 11 is 0. The predicted octanol–water partition coefficient (Wildman–Crippen LogP) is 1.04. The summed E-state index contributed by atoms with van der Waals surface area (Å²) < 4.78 is 5.42. The minimum absolute atomic E-state index is 0.127. The van der Waals surface area contributed by atoms with Crippen molar-refractivity contribution in [3.05, 3.63) is 5.89 Å². The average Bonchev–Trinajstić information content (AvgIpc) is 3.09. The minimum Gasteiger partial charge on any atom is -0.407 e. The van der Waals surface area contributed by atoms with Gasteiger partial charge in [0.05, 0.1) is 6.54 Å². The Morgan fingerprint density at radius 1 is 1.40 bits per heavy atom. The van der Waals surface area contributed by atoms with Crippen LogP contribution in [-0.4, -0.2) is 34.7 Å². The van der Waals surface area contributed by atoms with Gasteiger partial charge in [0.15, 0.2) is 0 Å². The number of amides is 1. The van der Waals surface area contributed by atoms with Crippen LogP contribution in [0.4, 0.5) is 6.01 Å². The number of nitrogens with one attached hydrogen (secondary N) is 3. The highest BCUT2D eigenvalue weighted by Crippen LogP contribution is 2.18. The van der Waals surface area contributed by atoms with Gasteiger partial charge in [-0.05, 0) is 19.3 Å². The number of anilines is 1. The molecule has 0 aliphatic heterocycles. The molecule has 1 fully saturated rings. The number of carbonyl (C=O) groups is 1. The molecule has 0 saturated heterocycles. The molecule has 3 N–H and O–H groups in total. The molecule has 7 heteroatoms. The first kappa shape index (κ1) is 14.8. The van der Waals surface area contributed by atoms with Crippen molar-refractivity contribution in [2.45, 2.75) is 58.2 Å². The van der Waals surface area contributed by atoms with Gasteiger partial charge in [-0.3, -0.25) is 4.79 Å². The lowest BCUT2D eigenvalue weighted by molar-refractivity contribution is -0.121. The molecule has 0 radical (unpaired) electrons. The van der Waals surface area contributed by atoms with Gasteiger partial charge in [0, 0.05) is 25.0 Å². The second-order valence-corrected chi connectivity index (χ2v) is 5.41. The predicted molar refractivity (Wildman–Crippen MR) is 75.2 cm³/mol. The molecule has 1 saturated carbocycles. The van der Waals surface area contributed by atoms with E-state index in [9.17, 15) is 4.79 Å². The third kappa shape index (κ3) is 5.56. The van der Waals surface area contributed by atoms with E-state index in [1.165, 1.54) is 0 Å². The SMILES string of the molecule is CC(C)NCc1nnc(NCCCC(=O)NC2CC2)o1. The Labute approximate surface area is 118 Å². The number of rotatable bonds is 9. The van der Waals surface area contributed by atoms with Gasteiger partial charge in [-0.25, -0.2) is 0 Å². The number of hydrogen-bond acceptors (Lipinski definition) is 6. The van der Waals surface area contributed by atoms with E-state index in [4.69, 9.17) is 4.42 Å². The van der Waals surface area contributed by atoms with E-state index in [1.807, 2.05) is 0 Å². The van der Waals surface area contributed by atoms with Gasteiger partial charge in [0.1, 0.15) is 0 Å². The third-order valence-electron chi connectivity index (χ3n) is 2.93. The van der Waals surface area contributed by atoms with E-state index in [1.54, 1.807) is 0 Å². The van der Waals surface area contributed by atoms with Crippen molar-refractivity contribution in [1.82, 2.24) is 20.8 Å². The lowest BCUT2D eigenvalue weighted by Crippen LogP contribution is -2.25. The Morgan fingerprint density at radius 3 is 2.90 bits per heavy atom. The largest absolute Gasteiger partial charge is 0.407 e. The second kappa shape index (κ2) is 7.23. The normalized spacial score (nSPS) is 14.6. The van der Waals surface area contributed by atoms with Gasteiger partial charge in [0.25, 0.3) is 0 Å². The van der Waals surface area contributed by atoms with Crippen LogP contribution in [0.3, 0.4) is 0 Å². The molecule has 0 unspecified atom stereocenters. The standard InChI is InChI=1S/C13H23N5O2/c1-9(2)15-8-12-17-18-13(20-12)14-7-3-4-11(19)16-10-5-6-10/h9-10,15H,3-8H2,1-2H3,(H,14,18)(H,16,19). The van der Waals surface area contributed by atoms with E-state index >= 15 is 0 Å². The van der Waals surface area contributed by atoms with Crippen molar-refractivity contribution in [3.8, 4) is 0 Å². The zero-order valence-corrected chi connectivity index (χ0v) is 12.1. The van der Waals surface area contributed by atoms with Crippen molar-refractivity contribution in [2.24, 2.45) is 0 Å². The van der Waals surface area contributed by atoms with Crippen LogP contribution in [0.25, 0.3) is 0 Å². The van der Waals surface area contributed by atoms with E-state index in [0.717, 1.165) is 19.3 Å². The molecule has 1 aromatic rings. The van der Waals surface area contributed by atoms with E-state index < -0.39 is 0 Å². The molecule has 0 bridgehead atoms. The van der Waals surface area contributed by atoms with Crippen LogP contribution < -0.4 is 16.0 Å². The molecule has 1 aliphatic rings. The quantitative estimate of drug-likeness (QED) is 0.586. The number of hydrogen-bond donors (Lipinski definition) is 3. The highest BCUT2D eigenvalue weighted by atomic mass is 16.4. The van der Waals surface area contributed by atoms with Crippen LogP contribution in [-0.2, 0) is 11.3 Å². The molecule has 20 heavy (non-hydrogen) atoms. The Kier molecular flexibility index (Phi) is 5.34. The molecular formula is C13H23N5O2. The third-order valence-corrected chi connectivity index (χ3v) is 2.93. The van der Waals surface area contributed by atoms with Crippen LogP contribution in [0.5, 0.6) is 0 Å². The molecule has 0 spiro atoms. The van der Waals surface area contributed by atoms with Gasteiger partial charge in [-0.2, -0.15) is 0 Å². The Balaban J connectivity index is 1.57. The lowest BCUT2D eigenvalue weighted by Gasteiger charge is -2.04. The topological polar surface area (TPSA) is 92.1 Å². The van der Waals surface area contributed by atoms with Crippen LogP contribution in [0.2, 0.25) is 0 Å². The fraction of sp³-hybridized carbons (Fsp3) is 0.769. The van der Waals surface area contributed by atoms with E-state index in [-0.39, 0.29) is 5.91 Å². The summed E-state index contributed by atoms with van der Waals surface area (Å²) in [5.41, 5.74) is 0. The number of carbonyl (C=O) groups excluding carboxylic acids is 1. The van der Waals surface area contributed by atoms with E-state index in [0.29, 0.717) is 43.5 Å². The molecule has 0 aromatic carbocycles. The van der Waals surface area contributed by atoms with Crippen molar-refractivity contribution in [3.63, 3.8) is 0 Å². The van der Waals surface area contributed by atoms with Crippen molar-refractivity contribution >= 4 is 11.9 Å². The molecule has 1 amide bonds. The van der Waals surface area contributed by atoms with Gasteiger partial charge in [0.2, 0.25) is 11.8 Å². The summed E-state index contributed by atoms with van der Waals surface area (Å²) in [5, 5.41) is 17.0. The highest BCUT2D eigenvalue weighted by Gasteiger charge is 2.22.